The number of H-pyrrole nitrogens is 2. The van der Waals surface area contributed by atoms with Crippen LogP contribution >= 0.6 is 11.8 Å². The van der Waals surface area contributed by atoms with Crippen LogP contribution in [0.2, 0.25) is 0 Å². The fraction of sp³-hybridized carbons (Fsp3) is 0.760. The molecule has 135 heavy (non-hydrogen) atoms. The maximum Gasteiger partial charge on any atom is 0.239 e. The molecule has 0 aliphatic carbocycles. The first-order valence-electron chi connectivity index (χ1n) is 49.9. The van der Waals surface area contributed by atoms with Gasteiger partial charge in [0.15, 0.2) is 40.7 Å². The number of aliphatic imine (C=N–C) groups is 1. The molecular weight excluding hydrogens is 1750 g/mol. The zero-order valence-electron chi connectivity index (χ0n) is 80.9. The summed E-state index contributed by atoms with van der Waals surface area (Å²) in [5.41, 5.74) is 46.8. The number of guanidine groups is 1. The van der Waals surface area contributed by atoms with Crippen molar-refractivity contribution in [2.24, 2.45) is 98.2 Å². The Balaban J connectivity index is 1.52. The van der Waals surface area contributed by atoms with Crippen LogP contribution in [0.25, 0.3) is 0 Å². The van der Waals surface area contributed by atoms with Crippen molar-refractivity contribution in [3.05, 3.63) is 36.4 Å². The number of aromatic nitrogens is 4. The van der Waals surface area contributed by atoms with Crippen LogP contribution in [-0.4, -0.2) is 224 Å². The van der Waals surface area contributed by atoms with E-state index in [-0.39, 0.29) is 150 Å². The van der Waals surface area contributed by atoms with Gasteiger partial charge in [0.1, 0.15) is 12.1 Å². The van der Waals surface area contributed by atoms with Crippen molar-refractivity contribution in [3.8, 4) is 0 Å². The number of primary amides is 2. The number of hydrogen-bond donors (Lipinski definition) is 19. The molecule has 0 radical (unpaired) electrons. The summed E-state index contributed by atoms with van der Waals surface area (Å²) in [6, 6.07) is -7.31. The van der Waals surface area contributed by atoms with Gasteiger partial charge in [-0.25, -0.2) is 9.97 Å². The minimum absolute atomic E-state index is 0.0229. The highest BCUT2D eigenvalue weighted by atomic mass is 32.2. The molecule has 0 aromatic carbocycles. The summed E-state index contributed by atoms with van der Waals surface area (Å²) in [7, 11) is 0. The van der Waals surface area contributed by atoms with Gasteiger partial charge in [-0.3, -0.25) is 81.7 Å². The second-order valence-corrected chi connectivity index (χ2v) is 38.8. The fourth-order valence-electron chi connectivity index (χ4n) is 17.6. The van der Waals surface area contributed by atoms with Crippen molar-refractivity contribution >= 4 is 111 Å². The third-order valence-electron chi connectivity index (χ3n) is 25.5. The molecule has 2 aliphatic heterocycles. The van der Waals surface area contributed by atoms with Gasteiger partial charge in [0.2, 0.25) is 59.1 Å². The van der Waals surface area contributed by atoms with E-state index in [4.69, 9.17) is 45.9 Å². The first-order chi connectivity index (χ1) is 64.7. The first-order valence-corrected chi connectivity index (χ1v) is 50.9. The van der Waals surface area contributed by atoms with E-state index in [0.29, 0.717) is 101 Å². The lowest BCUT2D eigenvalue weighted by atomic mass is 9.88. The van der Waals surface area contributed by atoms with E-state index in [9.17, 15) is 81.8 Å². The number of unbranched alkanes of at least 4 members (excludes halogenated alkanes) is 18. The summed E-state index contributed by atoms with van der Waals surface area (Å²) in [4.78, 5) is 243. The van der Waals surface area contributed by atoms with E-state index in [0.717, 1.165) is 50.7 Å². The average molecular weight is 1920 g/mol. The van der Waals surface area contributed by atoms with Gasteiger partial charge in [-0.15, -0.1) is 0 Å². The van der Waals surface area contributed by atoms with Gasteiger partial charge in [0.25, 0.3) is 0 Å². The third-order valence-corrected chi connectivity index (χ3v) is 27.1. The van der Waals surface area contributed by atoms with Crippen LogP contribution in [0.3, 0.4) is 0 Å². The number of imidazole rings is 2. The molecule has 0 spiro atoms. The summed E-state index contributed by atoms with van der Waals surface area (Å²) in [5.74, 6) is -15.5. The molecule has 4 rings (SSSR count). The number of hydrogen-bond acceptors (Lipinski definition) is 25. The van der Waals surface area contributed by atoms with E-state index in [1.807, 2.05) is 25.6 Å². The molecule has 0 bridgehead atoms. The largest absolute Gasteiger partial charge is 0.394 e. The predicted molar refractivity (Wildman–Crippen MR) is 519 cm³/mol. The lowest BCUT2D eigenvalue weighted by molar-refractivity contribution is -0.136. The van der Waals surface area contributed by atoms with Crippen LogP contribution in [-0.2, 0) is 89.6 Å². The Bertz CT molecular complexity index is 3950. The van der Waals surface area contributed by atoms with E-state index < -0.39 is 193 Å². The number of amides is 10. The molecule has 10 amide bonds. The maximum absolute atomic E-state index is 14.9. The quantitative estimate of drug-likeness (QED) is 0.0240. The lowest BCUT2D eigenvalue weighted by Crippen LogP contribution is -2.49. The summed E-state index contributed by atoms with van der Waals surface area (Å²) >= 11 is 1.85. The SMILES string of the molecule is CCCCCCCCCCCCCCCCC(NC(=O)CCCC[C@@H]1SC[C@@H]2CC(=O)N[C@@H]21)C(=O)C[C@@H](Cc1cnc[nH]1)C(=O)N[C@@H](CO)C(=O)C[C@@H](CCCCN)C(=O)NCC(=O)C[C@@H](Cc1cnc[nH]1)C(=O)N[C@@H](CCC(N)=O)C(=O)C[C@@H](CCCCN)C(=O)N[C@@H](CCCN=C(N)N)C(=O)C[C@@H](CCCCN)C(=O)N[C@@H](C)C(=O)C[C@@H](CC(C)C)C(=O)N[C@@H](CCCCN)C(N)=O. The smallest absolute Gasteiger partial charge is 0.239 e. The summed E-state index contributed by atoms with van der Waals surface area (Å²) < 4.78 is 0. The minimum Gasteiger partial charge on any atom is -0.394 e. The van der Waals surface area contributed by atoms with Crippen molar-refractivity contribution in [2.45, 2.75) is 364 Å². The molecule has 2 fully saturated rings. The van der Waals surface area contributed by atoms with Gasteiger partial charge >= 0.3 is 0 Å². The van der Waals surface area contributed by atoms with Gasteiger partial charge in [-0.05, 0) is 153 Å². The van der Waals surface area contributed by atoms with Gasteiger partial charge in [-0.1, -0.05) is 136 Å². The highest BCUT2D eigenvalue weighted by Crippen LogP contribution is 2.40. The number of nitrogens with one attached hydrogen (secondary N) is 10. The highest BCUT2D eigenvalue weighted by Gasteiger charge is 2.44. The average Bonchev–Trinajstić information content (AvgIpc) is 1.66. The number of ketones is 6. The van der Waals surface area contributed by atoms with Crippen LogP contribution in [0.5, 0.6) is 0 Å². The number of aromatic amines is 2. The number of rotatable bonds is 82. The molecule has 39 heteroatoms. The lowest BCUT2D eigenvalue weighted by Gasteiger charge is -2.26. The summed E-state index contributed by atoms with van der Waals surface area (Å²) in [6.45, 7) is 6.94. The Hall–Kier alpha value is -9.44. The third kappa shape index (κ3) is 48.9. The molecule has 15 atom stereocenters. The fourth-order valence-corrected chi connectivity index (χ4v) is 19.2. The summed E-state index contributed by atoms with van der Waals surface area (Å²) in [6.07, 6.45) is 25.3. The molecule has 0 saturated carbocycles. The highest BCUT2D eigenvalue weighted by molar-refractivity contribution is 8.00. The molecular formula is C96H165N21O17S. The summed E-state index contributed by atoms with van der Waals surface area (Å²) in [5, 5.41) is 33.5. The molecule has 2 aromatic heterocycles. The van der Waals surface area contributed by atoms with Crippen LogP contribution in [0, 0.1) is 47.3 Å². The zero-order valence-corrected chi connectivity index (χ0v) is 81.7. The molecule has 27 N–H and O–H groups in total. The number of aliphatic hydroxyl groups is 1. The van der Waals surface area contributed by atoms with Crippen molar-refractivity contribution in [3.63, 3.8) is 0 Å². The normalized spacial score (nSPS) is 16.7. The number of aliphatic hydroxyl groups excluding tert-OH is 1. The van der Waals surface area contributed by atoms with Crippen molar-refractivity contribution in [1.29, 1.82) is 0 Å². The number of carbonyl (C=O) groups is 16. The van der Waals surface area contributed by atoms with Gasteiger partial charge in [0.05, 0.1) is 61.8 Å². The zero-order chi connectivity index (χ0) is 99.4. The number of Topliss-reactive ketones (excluding diaryl/α,β-unsaturated/α-hetero) is 6. The van der Waals surface area contributed by atoms with E-state index in [1.165, 1.54) is 83.3 Å². The first kappa shape index (κ1) is 118. The Morgan fingerprint density at radius 2 is 0.881 bits per heavy atom. The number of thioether (sulfide) groups is 1. The molecule has 2 aliphatic rings. The molecule has 4 heterocycles. The second kappa shape index (κ2) is 68.5. The van der Waals surface area contributed by atoms with Gasteiger partial charge in [-0.2, -0.15) is 11.8 Å². The Morgan fingerprint density at radius 1 is 0.459 bits per heavy atom. The van der Waals surface area contributed by atoms with Crippen molar-refractivity contribution in [2.75, 3.05) is 51.6 Å². The molecule has 1 unspecified atom stereocenters. The monoisotopic (exact) mass is 1920 g/mol. The van der Waals surface area contributed by atoms with Crippen molar-refractivity contribution in [1.82, 2.24) is 62.5 Å². The van der Waals surface area contributed by atoms with E-state index in [2.05, 4.69) is 74.4 Å². The molecule has 38 nitrogen and oxygen atoms in total. The second-order valence-electron chi connectivity index (χ2n) is 37.5. The van der Waals surface area contributed by atoms with Crippen LogP contribution in [0.15, 0.2) is 30.0 Å². The number of fused-ring (bicyclic) bond motifs is 1. The molecule has 2 aromatic rings. The maximum atomic E-state index is 14.9. The molecule has 2 saturated heterocycles. The standard InChI is InChI=1S/C96H165N21O17S/c1-5-6-7-8-9-10-11-12-13-14-15-16-17-18-33-74(112-86(126)37-20-19-36-84-88-70(59-135-84)54-87(127)117-88)82(123)53-69(47-72-56-106-61-110-72)95(134)116-78(58-118)83(124)49-64(30-21-25-40-97)90(129)108-57-73(119)48-68(46-71-55-105-60-109-71)94(133)114-76(38-39-85(101)125)81(122)51-66(32-23-27-42-99)92(131)113-75(35-29-44-107-96(103)104)80(121)50-65(31-22-26-41-98)91(130)111-63(4)79(120)52-67(45-62(2)3)93(132)115-77(89(102)128)34-24-28-43-100/h55-56,60-70,74-78,84,88,118H,5-54,57-59,97-100H2,1-4H3,(H2,101,125)(H2,102,128)(H,105,109)(H,106,110)(H,108,129)(H,111,130)(H,112,126)(H,113,131)(H,114,133)(H,115,132)(H,116,134)(H,117,127)(H4,103,104,107)/t63-,64+,65+,66+,67+,68+,69+,70-,74?,75-,76-,77-,78-,84-,88-/m0/s1. The Kier molecular flexibility index (Phi) is 59.8. The van der Waals surface area contributed by atoms with Crippen LogP contribution < -0.4 is 88.4 Å². The van der Waals surface area contributed by atoms with Crippen LogP contribution in [0.4, 0.5) is 0 Å². The number of nitrogens with zero attached hydrogens (tertiary/aromatic N) is 3. The Morgan fingerprint density at radius 3 is 1.37 bits per heavy atom. The molecule has 762 valence electrons. The number of nitrogens with two attached hydrogens (primary N) is 8. The predicted octanol–water partition coefficient (Wildman–Crippen LogP) is 4.83. The number of carbonyl (C=O) groups excluding carboxylic acids is 16. The van der Waals surface area contributed by atoms with Gasteiger partial charge in [0, 0.05) is 136 Å². The Labute approximate surface area is 802 Å². The van der Waals surface area contributed by atoms with Crippen molar-refractivity contribution < 1.29 is 81.8 Å². The van der Waals surface area contributed by atoms with E-state index in [1.54, 1.807) is 0 Å². The van der Waals surface area contributed by atoms with Gasteiger partial charge < -0.3 is 103 Å². The topological polar surface area (TPSA) is 667 Å². The minimum atomic E-state index is -1.56. The van der Waals surface area contributed by atoms with E-state index >= 15 is 0 Å². The van der Waals surface area contributed by atoms with Crippen LogP contribution in [0.1, 0.15) is 315 Å².